The van der Waals surface area contributed by atoms with E-state index in [0.717, 1.165) is 0 Å². The van der Waals surface area contributed by atoms with Gasteiger partial charge in [0.15, 0.2) is 0 Å². The molecule has 0 fully saturated rings. The lowest BCUT2D eigenvalue weighted by Crippen LogP contribution is -2.31. The highest BCUT2D eigenvalue weighted by molar-refractivity contribution is 9.10. The van der Waals surface area contributed by atoms with E-state index in [0.29, 0.717) is 4.47 Å². The summed E-state index contributed by atoms with van der Waals surface area (Å²) in [5.74, 6) is 0. The summed E-state index contributed by atoms with van der Waals surface area (Å²) in [5.41, 5.74) is 0. The molecule has 4 nitrogen and oxygen atoms in total. The number of hydrogen-bond acceptors (Lipinski definition) is 3. The van der Waals surface area contributed by atoms with Crippen LogP contribution in [-0.2, 0) is 10.0 Å². The molecule has 1 aromatic rings. The van der Waals surface area contributed by atoms with E-state index in [1.165, 1.54) is 19.1 Å². The summed E-state index contributed by atoms with van der Waals surface area (Å²) in [4.78, 5) is -0.0503. The maximum absolute atomic E-state index is 11.8. The fourth-order valence-electron chi connectivity index (χ4n) is 1.01. The first-order chi connectivity index (χ1) is 7.36. The van der Waals surface area contributed by atoms with Gasteiger partial charge in [0.25, 0.3) is 0 Å². The minimum atomic E-state index is -3.76. The molecular weight excluding hydrogens is 316 g/mol. The van der Waals surface area contributed by atoms with Gasteiger partial charge in [0.05, 0.1) is 11.1 Å². The van der Waals surface area contributed by atoms with Crippen molar-refractivity contribution in [1.82, 2.24) is 4.72 Å². The van der Waals surface area contributed by atoms with Crippen molar-refractivity contribution in [3.05, 3.63) is 27.7 Å². The Morgan fingerprint density at radius 3 is 2.75 bits per heavy atom. The number of benzene rings is 1. The van der Waals surface area contributed by atoms with Gasteiger partial charge in [-0.05, 0) is 25.1 Å². The molecule has 0 heterocycles. The zero-order valence-corrected chi connectivity index (χ0v) is 11.4. The van der Waals surface area contributed by atoms with Gasteiger partial charge in [0, 0.05) is 4.47 Å². The fraction of sp³-hybridized carbons (Fsp3) is 0.222. The molecule has 0 aliphatic rings. The second-order valence-corrected chi connectivity index (χ2v) is 6.05. The Morgan fingerprint density at radius 2 is 2.19 bits per heavy atom. The summed E-state index contributed by atoms with van der Waals surface area (Å²) in [7, 11) is -3.76. The molecule has 0 aromatic heterocycles. The molecule has 0 saturated heterocycles. The Labute approximate surface area is 107 Å². The maximum Gasteiger partial charge on any atom is 0.243 e. The highest BCUT2D eigenvalue weighted by atomic mass is 79.9. The molecule has 0 aliphatic carbocycles. The van der Waals surface area contributed by atoms with Gasteiger partial charge in [0.2, 0.25) is 10.0 Å². The van der Waals surface area contributed by atoms with Gasteiger partial charge < -0.3 is 0 Å². The molecule has 16 heavy (non-hydrogen) atoms. The Kier molecular flexibility index (Phi) is 4.33. The van der Waals surface area contributed by atoms with E-state index in [2.05, 4.69) is 20.7 Å². The largest absolute Gasteiger partial charge is 0.243 e. The minimum Gasteiger partial charge on any atom is -0.207 e. The number of sulfonamides is 1. The van der Waals surface area contributed by atoms with Crippen LogP contribution in [-0.4, -0.2) is 14.5 Å². The van der Waals surface area contributed by atoms with E-state index in [-0.39, 0.29) is 9.92 Å². The van der Waals surface area contributed by atoms with E-state index >= 15 is 0 Å². The molecule has 1 atom stereocenters. The topological polar surface area (TPSA) is 70.0 Å². The molecule has 0 bridgehead atoms. The average molecular weight is 324 g/mol. The first-order valence-electron chi connectivity index (χ1n) is 4.24. The first-order valence-corrected chi connectivity index (χ1v) is 6.89. The van der Waals surface area contributed by atoms with E-state index in [9.17, 15) is 8.42 Å². The van der Waals surface area contributed by atoms with Crippen molar-refractivity contribution in [2.75, 3.05) is 0 Å². The highest BCUT2D eigenvalue weighted by Crippen LogP contribution is 2.25. The van der Waals surface area contributed by atoms with Crippen molar-refractivity contribution in [3.8, 4) is 6.07 Å². The first kappa shape index (κ1) is 13.5. The predicted octanol–water partition coefficient (Wildman–Crippen LogP) is 2.29. The van der Waals surface area contributed by atoms with E-state index < -0.39 is 16.1 Å². The third-order valence-electron chi connectivity index (χ3n) is 1.71. The van der Waals surface area contributed by atoms with Crippen LogP contribution in [0.2, 0.25) is 5.02 Å². The second kappa shape index (κ2) is 5.15. The quantitative estimate of drug-likeness (QED) is 0.928. The molecular formula is C9H8BrClN2O2S. The summed E-state index contributed by atoms with van der Waals surface area (Å²) in [6.45, 7) is 1.45. The van der Waals surface area contributed by atoms with Gasteiger partial charge in [-0.2, -0.15) is 9.98 Å². The van der Waals surface area contributed by atoms with Crippen molar-refractivity contribution >= 4 is 37.6 Å². The van der Waals surface area contributed by atoms with Crippen LogP contribution in [0.25, 0.3) is 0 Å². The normalized spacial score (nSPS) is 13.1. The molecule has 0 unspecified atom stereocenters. The van der Waals surface area contributed by atoms with Crippen molar-refractivity contribution in [2.24, 2.45) is 0 Å². The molecule has 0 amide bonds. The van der Waals surface area contributed by atoms with Gasteiger partial charge in [-0.3, -0.25) is 0 Å². The van der Waals surface area contributed by atoms with E-state index in [1.807, 2.05) is 0 Å². The number of halogens is 2. The number of rotatable bonds is 3. The lowest BCUT2D eigenvalue weighted by atomic mass is 10.4. The molecule has 86 valence electrons. The van der Waals surface area contributed by atoms with Crippen LogP contribution < -0.4 is 4.72 Å². The molecule has 1 aromatic carbocycles. The van der Waals surface area contributed by atoms with Crippen molar-refractivity contribution < 1.29 is 8.42 Å². The van der Waals surface area contributed by atoms with Gasteiger partial charge in [-0.1, -0.05) is 27.5 Å². The predicted molar refractivity (Wildman–Crippen MR) is 64.5 cm³/mol. The van der Waals surface area contributed by atoms with Crippen LogP contribution in [0.4, 0.5) is 0 Å². The zero-order valence-electron chi connectivity index (χ0n) is 8.24. The lowest BCUT2D eigenvalue weighted by molar-refractivity contribution is 0.577. The van der Waals surface area contributed by atoms with Gasteiger partial charge in [0.1, 0.15) is 10.9 Å². The van der Waals surface area contributed by atoms with Gasteiger partial charge >= 0.3 is 0 Å². The van der Waals surface area contributed by atoms with Crippen LogP contribution in [0.15, 0.2) is 27.6 Å². The van der Waals surface area contributed by atoms with Gasteiger partial charge in [-0.25, -0.2) is 8.42 Å². The molecule has 1 rings (SSSR count). The second-order valence-electron chi connectivity index (χ2n) is 3.05. The smallest absolute Gasteiger partial charge is 0.207 e. The number of hydrogen-bond donors (Lipinski definition) is 1. The third-order valence-corrected chi connectivity index (χ3v) is 4.22. The summed E-state index contributed by atoms with van der Waals surface area (Å²) in [6, 6.07) is 5.46. The van der Waals surface area contributed by atoms with E-state index in [4.69, 9.17) is 16.9 Å². The Balaban J connectivity index is 3.18. The zero-order chi connectivity index (χ0) is 12.3. The summed E-state index contributed by atoms with van der Waals surface area (Å²) in [6.07, 6.45) is 0. The third kappa shape index (κ3) is 3.19. The molecule has 0 aliphatic heterocycles. The van der Waals surface area contributed by atoms with Gasteiger partial charge in [-0.15, -0.1) is 0 Å². The fourth-order valence-corrected chi connectivity index (χ4v) is 3.19. The Morgan fingerprint density at radius 1 is 1.56 bits per heavy atom. The van der Waals surface area contributed by atoms with E-state index in [1.54, 1.807) is 12.1 Å². The van der Waals surface area contributed by atoms with Crippen molar-refractivity contribution in [3.63, 3.8) is 0 Å². The van der Waals surface area contributed by atoms with Crippen LogP contribution in [0.5, 0.6) is 0 Å². The summed E-state index contributed by atoms with van der Waals surface area (Å²) >= 11 is 8.94. The molecule has 7 heteroatoms. The molecule has 1 N–H and O–H groups in total. The van der Waals surface area contributed by atoms with Crippen molar-refractivity contribution in [1.29, 1.82) is 5.26 Å². The molecule has 0 spiro atoms. The average Bonchev–Trinajstić information content (AvgIpc) is 2.20. The lowest BCUT2D eigenvalue weighted by Gasteiger charge is -2.09. The number of nitriles is 1. The van der Waals surface area contributed by atoms with Crippen LogP contribution in [0, 0.1) is 11.3 Å². The Hall–Kier alpha value is -0.610. The summed E-state index contributed by atoms with van der Waals surface area (Å²) in [5, 5.41) is 8.66. The SMILES string of the molecule is C[C@H](C#N)NS(=O)(=O)c1cc(Br)ccc1Cl. The van der Waals surface area contributed by atoms with Crippen LogP contribution in [0.1, 0.15) is 6.92 Å². The number of nitrogens with zero attached hydrogens (tertiary/aromatic N) is 1. The van der Waals surface area contributed by atoms with Crippen LogP contribution in [0.3, 0.4) is 0 Å². The summed E-state index contributed by atoms with van der Waals surface area (Å²) < 4.78 is 26.4. The number of nitrogens with one attached hydrogen (secondary N) is 1. The highest BCUT2D eigenvalue weighted by Gasteiger charge is 2.20. The monoisotopic (exact) mass is 322 g/mol. The molecule has 0 radical (unpaired) electrons. The van der Waals surface area contributed by atoms with Crippen molar-refractivity contribution in [2.45, 2.75) is 17.9 Å². The minimum absolute atomic E-state index is 0.0503. The Bertz CT molecular complexity index is 539. The molecule has 0 saturated carbocycles. The standard InChI is InChI=1S/C9H8BrClN2O2S/c1-6(5-12)13-16(14,15)9-4-7(10)2-3-8(9)11/h2-4,6,13H,1H3/t6-/m1/s1. The van der Waals surface area contributed by atoms with Crippen LogP contribution >= 0.6 is 27.5 Å². The maximum atomic E-state index is 11.8.